The summed E-state index contributed by atoms with van der Waals surface area (Å²) in [6.45, 7) is 0.746. The Morgan fingerprint density at radius 3 is 2.46 bits per heavy atom. The average Bonchev–Trinajstić information content (AvgIpc) is 3.14. The summed E-state index contributed by atoms with van der Waals surface area (Å²) in [6.07, 6.45) is 7.76. The predicted octanol–water partition coefficient (Wildman–Crippen LogP) is 4.79. The first-order chi connectivity index (χ1) is 17.0. The number of carbonyl (C=O) groups excluding carboxylic acids is 1. The van der Waals surface area contributed by atoms with Crippen LogP contribution >= 0.6 is 0 Å². The molecule has 7 nitrogen and oxygen atoms in total. The highest BCUT2D eigenvalue weighted by Gasteiger charge is 2.32. The van der Waals surface area contributed by atoms with Gasteiger partial charge in [0, 0.05) is 30.9 Å². The summed E-state index contributed by atoms with van der Waals surface area (Å²) in [5.41, 5.74) is 2.00. The molecule has 1 aliphatic heterocycles. The molecule has 1 saturated carbocycles. The Balaban J connectivity index is 1.49. The number of amides is 2. The molecule has 0 aromatic heterocycles. The fourth-order valence-electron chi connectivity index (χ4n) is 5.17. The standard InChI is InChI=1S/C27H34N4O3S/c28-19-23-12-8-16-26(18-23)31(25-14-6-1-2-7-15-25)27(32)29-24-13-9-17-30(20-24)35(33,34)21-22-10-4-3-5-11-22/h3-5,8,10-12,16,18,24-25H,1-2,6-7,9,13-15,17,20-21H2,(H,29,32). The van der Waals surface area contributed by atoms with Gasteiger partial charge in [-0.3, -0.25) is 4.90 Å². The van der Waals surface area contributed by atoms with Crippen LogP contribution in [-0.4, -0.2) is 43.9 Å². The fourth-order valence-corrected chi connectivity index (χ4v) is 6.78. The van der Waals surface area contributed by atoms with Crippen LogP contribution in [-0.2, 0) is 15.8 Å². The van der Waals surface area contributed by atoms with Crippen LogP contribution in [0.4, 0.5) is 10.5 Å². The molecule has 2 aliphatic rings. The zero-order valence-corrected chi connectivity index (χ0v) is 20.9. The minimum absolute atomic E-state index is 0.0380. The Bertz CT molecular complexity index is 1140. The number of carbonyl (C=O) groups is 1. The summed E-state index contributed by atoms with van der Waals surface area (Å²) >= 11 is 0. The second-order valence-corrected chi connectivity index (χ2v) is 11.5. The van der Waals surface area contributed by atoms with Gasteiger partial charge in [0.2, 0.25) is 10.0 Å². The number of anilines is 1. The van der Waals surface area contributed by atoms with E-state index < -0.39 is 10.0 Å². The maximum Gasteiger partial charge on any atom is 0.322 e. The molecular weight excluding hydrogens is 460 g/mol. The van der Waals surface area contributed by atoms with E-state index in [9.17, 15) is 18.5 Å². The summed E-state index contributed by atoms with van der Waals surface area (Å²) in [5.74, 6) is -0.0380. The van der Waals surface area contributed by atoms with E-state index in [0.717, 1.165) is 43.4 Å². The molecule has 0 radical (unpaired) electrons. The maximum atomic E-state index is 13.6. The third-order valence-electron chi connectivity index (χ3n) is 6.96. The van der Waals surface area contributed by atoms with Crippen LogP contribution in [0.1, 0.15) is 62.5 Å². The van der Waals surface area contributed by atoms with E-state index in [0.29, 0.717) is 18.5 Å². The Morgan fingerprint density at radius 1 is 1.00 bits per heavy atom. The molecule has 1 aliphatic carbocycles. The van der Waals surface area contributed by atoms with Gasteiger partial charge in [-0.05, 0) is 49.4 Å². The Labute approximate surface area is 208 Å². The van der Waals surface area contributed by atoms with E-state index in [1.54, 1.807) is 12.1 Å². The highest BCUT2D eigenvalue weighted by molar-refractivity contribution is 7.88. The number of nitrogens with one attached hydrogen (secondary N) is 1. The highest BCUT2D eigenvalue weighted by atomic mass is 32.2. The zero-order chi connectivity index (χ0) is 24.7. The van der Waals surface area contributed by atoms with Crippen molar-refractivity contribution in [3.05, 3.63) is 65.7 Å². The maximum absolute atomic E-state index is 13.6. The van der Waals surface area contributed by atoms with Crippen molar-refractivity contribution in [1.82, 2.24) is 9.62 Å². The predicted molar refractivity (Wildman–Crippen MR) is 137 cm³/mol. The Hall–Kier alpha value is -2.89. The van der Waals surface area contributed by atoms with E-state index >= 15 is 0 Å². The fraction of sp³-hybridized carbons (Fsp3) is 0.481. The summed E-state index contributed by atoms with van der Waals surface area (Å²) in [4.78, 5) is 15.4. The highest BCUT2D eigenvalue weighted by Crippen LogP contribution is 2.28. The van der Waals surface area contributed by atoms with Crippen LogP contribution in [0, 0.1) is 11.3 Å². The number of nitrogens with zero attached hydrogens (tertiary/aromatic N) is 3. The van der Waals surface area contributed by atoms with Crippen molar-refractivity contribution < 1.29 is 13.2 Å². The lowest BCUT2D eigenvalue weighted by Gasteiger charge is -2.36. The number of urea groups is 1. The minimum Gasteiger partial charge on any atom is -0.334 e. The number of nitriles is 1. The molecule has 1 N–H and O–H groups in total. The number of benzene rings is 2. The largest absolute Gasteiger partial charge is 0.334 e. The molecule has 2 aromatic rings. The first-order valence-electron chi connectivity index (χ1n) is 12.6. The molecule has 0 bridgehead atoms. The van der Waals surface area contributed by atoms with Crippen LogP contribution in [0.15, 0.2) is 54.6 Å². The van der Waals surface area contributed by atoms with E-state index in [1.807, 2.05) is 47.4 Å². The van der Waals surface area contributed by atoms with Crippen LogP contribution in [0.5, 0.6) is 0 Å². The minimum atomic E-state index is -3.48. The van der Waals surface area contributed by atoms with Gasteiger partial charge in [0.05, 0.1) is 17.4 Å². The van der Waals surface area contributed by atoms with Crippen molar-refractivity contribution in [2.75, 3.05) is 18.0 Å². The van der Waals surface area contributed by atoms with Gasteiger partial charge < -0.3 is 5.32 Å². The number of piperidine rings is 1. The van der Waals surface area contributed by atoms with Crippen molar-refractivity contribution in [1.29, 1.82) is 5.26 Å². The number of rotatable bonds is 6. The van der Waals surface area contributed by atoms with Crippen LogP contribution in [0.3, 0.4) is 0 Å². The molecule has 186 valence electrons. The van der Waals surface area contributed by atoms with Crippen LogP contribution < -0.4 is 10.2 Å². The van der Waals surface area contributed by atoms with Crippen molar-refractivity contribution in [3.63, 3.8) is 0 Å². The van der Waals surface area contributed by atoms with Crippen molar-refractivity contribution in [3.8, 4) is 6.07 Å². The smallest absolute Gasteiger partial charge is 0.322 e. The summed E-state index contributed by atoms with van der Waals surface area (Å²) in [5, 5.41) is 12.5. The molecule has 2 amide bonds. The average molecular weight is 495 g/mol. The Morgan fingerprint density at radius 2 is 1.74 bits per heavy atom. The molecule has 35 heavy (non-hydrogen) atoms. The number of sulfonamides is 1. The van der Waals surface area contributed by atoms with E-state index in [1.165, 1.54) is 17.1 Å². The van der Waals surface area contributed by atoms with Crippen LogP contribution in [0.25, 0.3) is 0 Å². The molecule has 0 spiro atoms. The van der Waals surface area contributed by atoms with Gasteiger partial charge in [-0.15, -0.1) is 0 Å². The lowest BCUT2D eigenvalue weighted by Crippen LogP contribution is -2.54. The third kappa shape index (κ3) is 6.62. The second kappa shape index (κ2) is 11.7. The van der Waals surface area contributed by atoms with Gasteiger partial charge >= 0.3 is 6.03 Å². The molecular formula is C27H34N4O3S. The van der Waals surface area contributed by atoms with Crippen LogP contribution in [0.2, 0.25) is 0 Å². The molecule has 1 atom stereocenters. The van der Waals surface area contributed by atoms with Gasteiger partial charge in [0.25, 0.3) is 0 Å². The van der Waals surface area contributed by atoms with Gasteiger partial charge in [0.1, 0.15) is 0 Å². The topological polar surface area (TPSA) is 93.5 Å². The molecule has 4 rings (SSSR count). The lowest BCUT2D eigenvalue weighted by atomic mass is 10.0. The summed E-state index contributed by atoms with van der Waals surface area (Å²) in [7, 11) is -3.48. The van der Waals surface area contributed by atoms with Gasteiger partial charge in [-0.1, -0.05) is 62.1 Å². The normalized spacial score (nSPS) is 19.9. The molecule has 2 aromatic carbocycles. The third-order valence-corrected chi connectivity index (χ3v) is 8.78. The first-order valence-corrected chi connectivity index (χ1v) is 14.2. The van der Waals surface area contributed by atoms with Crippen molar-refractivity contribution in [2.45, 2.75) is 69.2 Å². The van der Waals surface area contributed by atoms with Gasteiger partial charge in [0.15, 0.2) is 0 Å². The Kier molecular flexibility index (Phi) is 8.42. The van der Waals surface area contributed by atoms with E-state index in [4.69, 9.17) is 0 Å². The molecule has 2 fully saturated rings. The summed E-state index contributed by atoms with van der Waals surface area (Å²) in [6, 6.07) is 18.2. The lowest BCUT2D eigenvalue weighted by molar-refractivity contribution is 0.228. The first kappa shape index (κ1) is 25.2. The van der Waals surface area contributed by atoms with Crippen molar-refractivity contribution in [2.24, 2.45) is 0 Å². The molecule has 1 unspecified atom stereocenters. The van der Waals surface area contributed by atoms with E-state index in [2.05, 4.69) is 11.4 Å². The van der Waals surface area contributed by atoms with Gasteiger partial charge in [-0.25, -0.2) is 13.2 Å². The van der Waals surface area contributed by atoms with Gasteiger partial charge in [-0.2, -0.15) is 9.57 Å². The molecule has 1 saturated heterocycles. The van der Waals surface area contributed by atoms with Crippen molar-refractivity contribution >= 4 is 21.7 Å². The quantitative estimate of drug-likeness (QED) is 0.584. The zero-order valence-electron chi connectivity index (χ0n) is 20.1. The monoisotopic (exact) mass is 494 g/mol. The number of hydrogen-bond acceptors (Lipinski definition) is 4. The van der Waals surface area contributed by atoms with E-state index in [-0.39, 0.29) is 30.4 Å². The molecule has 1 heterocycles. The SMILES string of the molecule is N#Cc1cccc(N(C(=O)NC2CCCN(S(=O)(=O)Cc3ccccc3)C2)C2CCCCCC2)c1. The number of hydrogen-bond donors (Lipinski definition) is 1. The summed E-state index contributed by atoms with van der Waals surface area (Å²) < 4.78 is 27.7. The second-order valence-electron chi connectivity index (χ2n) is 9.57. The molecule has 8 heteroatoms.